The van der Waals surface area contributed by atoms with Crippen molar-refractivity contribution in [3.05, 3.63) is 29.8 Å². The van der Waals surface area contributed by atoms with Gasteiger partial charge in [0.1, 0.15) is 0 Å². The number of benzene rings is 1. The van der Waals surface area contributed by atoms with Crippen LogP contribution in [0.25, 0.3) is 0 Å². The fourth-order valence-corrected chi connectivity index (χ4v) is 1.26. The quantitative estimate of drug-likeness (QED) is 0.608. The van der Waals surface area contributed by atoms with Gasteiger partial charge in [-0.2, -0.15) is 0 Å². The lowest BCUT2D eigenvalue weighted by Crippen LogP contribution is -2.17. The molecular weight excluding hydrogens is 222 g/mol. The molecule has 0 saturated carbocycles. The number of rotatable bonds is 5. The Morgan fingerprint density at radius 2 is 2.00 bits per heavy atom. The zero-order chi connectivity index (χ0) is 12.7. The van der Waals surface area contributed by atoms with Crippen molar-refractivity contribution >= 4 is 17.6 Å². The molecule has 5 nitrogen and oxygen atoms in total. The summed E-state index contributed by atoms with van der Waals surface area (Å²) in [5, 5.41) is 0. The fourth-order valence-electron chi connectivity index (χ4n) is 1.26. The zero-order valence-electron chi connectivity index (χ0n) is 9.64. The van der Waals surface area contributed by atoms with Crippen molar-refractivity contribution < 1.29 is 19.1 Å². The number of carbonyl (C=O) groups is 2. The smallest absolute Gasteiger partial charge is 0.344 e. The van der Waals surface area contributed by atoms with Crippen molar-refractivity contribution in [3.8, 4) is 0 Å². The molecule has 1 aromatic rings. The van der Waals surface area contributed by atoms with Gasteiger partial charge in [-0.15, -0.1) is 0 Å². The summed E-state index contributed by atoms with van der Waals surface area (Å²) in [5.74, 6) is -1.03. The van der Waals surface area contributed by atoms with Crippen LogP contribution in [0.5, 0.6) is 0 Å². The summed E-state index contributed by atoms with van der Waals surface area (Å²) >= 11 is 0. The molecule has 0 aliphatic rings. The molecule has 2 N–H and O–H groups in total. The Labute approximate surface area is 99.5 Å². The van der Waals surface area contributed by atoms with Gasteiger partial charge < -0.3 is 15.2 Å². The van der Waals surface area contributed by atoms with Crippen LogP contribution in [0.15, 0.2) is 24.3 Å². The van der Waals surface area contributed by atoms with Crippen molar-refractivity contribution in [2.24, 2.45) is 0 Å². The third-order valence-electron chi connectivity index (χ3n) is 1.96. The summed E-state index contributed by atoms with van der Waals surface area (Å²) in [6, 6.07) is 6.93. The van der Waals surface area contributed by atoms with E-state index in [-0.39, 0.29) is 19.6 Å². The van der Waals surface area contributed by atoms with Crippen molar-refractivity contribution in [2.75, 3.05) is 18.9 Å². The Hall–Kier alpha value is -2.04. The average molecular weight is 237 g/mol. The first kappa shape index (κ1) is 13.0. The van der Waals surface area contributed by atoms with E-state index in [0.717, 1.165) is 5.56 Å². The molecule has 92 valence electrons. The lowest BCUT2D eigenvalue weighted by atomic mass is 10.1. The number of hydrogen-bond donors (Lipinski definition) is 1. The maximum absolute atomic E-state index is 11.4. The first-order valence-corrected chi connectivity index (χ1v) is 5.27. The minimum atomic E-state index is -0.548. The highest BCUT2D eigenvalue weighted by Gasteiger charge is 2.08. The van der Waals surface area contributed by atoms with Crippen molar-refractivity contribution in [1.29, 1.82) is 0 Å². The lowest BCUT2D eigenvalue weighted by Gasteiger charge is -2.05. The summed E-state index contributed by atoms with van der Waals surface area (Å²) < 4.78 is 9.37. The molecule has 0 spiro atoms. The molecular formula is C12H15NO4. The Morgan fingerprint density at radius 1 is 1.24 bits per heavy atom. The maximum Gasteiger partial charge on any atom is 0.344 e. The predicted molar refractivity (Wildman–Crippen MR) is 62.2 cm³/mol. The minimum absolute atomic E-state index is 0.0877. The highest BCUT2D eigenvalue weighted by Crippen LogP contribution is 2.07. The summed E-state index contributed by atoms with van der Waals surface area (Å²) in [6.07, 6.45) is 0.0877. The number of nitrogens with two attached hydrogens (primary N) is 1. The molecule has 0 amide bonds. The molecule has 0 fully saturated rings. The number of esters is 2. The molecule has 0 bridgehead atoms. The van der Waals surface area contributed by atoms with Gasteiger partial charge in [0.25, 0.3) is 0 Å². The highest BCUT2D eigenvalue weighted by molar-refractivity contribution is 5.77. The van der Waals surface area contributed by atoms with Gasteiger partial charge in [-0.3, -0.25) is 4.79 Å². The average Bonchev–Trinajstić information content (AvgIpc) is 2.27. The summed E-state index contributed by atoms with van der Waals surface area (Å²) in [7, 11) is 0. The van der Waals surface area contributed by atoms with Crippen LogP contribution in [-0.4, -0.2) is 25.2 Å². The summed E-state index contributed by atoms with van der Waals surface area (Å²) in [5.41, 5.74) is 6.90. The number of anilines is 1. The number of ether oxygens (including phenoxy) is 2. The molecule has 0 saturated heterocycles. The van der Waals surface area contributed by atoms with Gasteiger partial charge in [-0.25, -0.2) is 4.79 Å². The van der Waals surface area contributed by atoms with Gasteiger partial charge in [-0.1, -0.05) is 12.1 Å². The zero-order valence-corrected chi connectivity index (χ0v) is 9.64. The molecule has 0 aromatic heterocycles. The highest BCUT2D eigenvalue weighted by atomic mass is 16.6. The van der Waals surface area contributed by atoms with Crippen LogP contribution in [0.2, 0.25) is 0 Å². The van der Waals surface area contributed by atoms with Crippen molar-refractivity contribution in [1.82, 2.24) is 0 Å². The number of nitrogen functional groups attached to an aromatic ring is 1. The van der Waals surface area contributed by atoms with Crippen LogP contribution >= 0.6 is 0 Å². The largest absolute Gasteiger partial charge is 0.463 e. The van der Waals surface area contributed by atoms with Crippen LogP contribution in [-0.2, 0) is 25.5 Å². The molecule has 17 heavy (non-hydrogen) atoms. The molecule has 0 atom stereocenters. The molecule has 0 radical (unpaired) electrons. The van der Waals surface area contributed by atoms with Crippen molar-refractivity contribution in [3.63, 3.8) is 0 Å². The summed E-state index contributed by atoms with van der Waals surface area (Å²) in [6.45, 7) is 1.60. The molecule has 1 rings (SSSR count). The maximum atomic E-state index is 11.4. The van der Waals surface area contributed by atoms with Gasteiger partial charge in [0.2, 0.25) is 0 Å². The van der Waals surface area contributed by atoms with Crippen LogP contribution < -0.4 is 5.73 Å². The van der Waals surface area contributed by atoms with E-state index in [0.29, 0.717) is 5.69 Å². The second kappa shape index (κ2) is 6.52. The first-order chi connectivity index (χ1) is 8.11. The normalized spacial score (nSPS) is 9.71. The van der Waals surface area contributed by atoms with Crippen LogP contribution in [0.3, 0.4) is 0 Å². The van der Waals surface area contributed by atoms with E-state index in [1.165, 1.54) is 0 Å². The lowest BCUT2D eigenvalue weighted by molar-refractivity contribution is -0.158. The third kappa shape index (κ3) is 5.01. The van der Waals surface area contributed by atoms with Crippen LogP contribution in [0, 0.1) is 0 Å². The number of hydrogen-bond acceptors (Lipinski definition) is 5. The van der Waals surface area contributed by atoms with Gasteiger partial charge in [-0.05, 0) is 24.6 Å². The Morgan fingerprint density at radius 3 is 2.65 bits per heavy atom. The van der Waals surface area contributed by atoms with Gasteiger partial charge >= 0.3 is 11.9 Å². The Kier molecular flexibility index (Phi) is 5.00. The molecule has 0 unspecified atom stereocenters. The van der Waals surface area contributed by atoms with E-state index >= 15 is 0 Å². The van der Waals surface area contributed by atoms with Crippen molar-refractivity contribution in [2.45, 2.75) is 13.3 Å². The minimum Gasteiger partial charge on any atom is -0.463 e. The van der Waals surface area contributed by atoms with E-state index in [1.807, 2.05) is 0 Å². The van der Waals surface area contributed by atoms with E-state index in [2.05, 4.69) is 4.74 Å². The monoisotopic (exact) mass is 237 g/mol. The fraction of sp³-hybridized carbons (Fsp3) is 0.333. The first-order valence-electron chi connectivity index (χ1n) is 5.27. The van der Waals surface area contributed by atoms with Gasteiger partial charge in [0.15, 0.2) is 6.61 Å². The molecule has 0 aliphatic carbocycles. The predicted octanol–water partition coefficient (Wildman–Crippen LogP) is 0.918. The molecule has 0 heterocycles. The van der Waals surface area contributed by atoms with E-state index in [9.17, 15) is 9.59 Å². The summed E-state index contributed by atoms with van der Waals surface area (Å²) in [4.78, 5) is 22.3. The third-order valence-corrected chi connectivity index (χ3v) is 1.96. The van der Waals surface area contributed by atoms with E-state index < -0.39 is 11.9 Å². The van der Waals surface area contributed by atoms with Crippen LogP contribution in [0.1, 0.15) is 12.5 Å². The number of carbonyl (C=O) groups excluding carboxylic acids is 2. The van der Waals surface area contributed by atoms with Gasteiger partial charge in [0, 0.05) is 5.69 Å². The molecule has 0 aliphatic heterocycles. The molecule has 5 heteroatoms. The van der Waals surface area contributed by atoms with Crippen LogP contribution in [0.4, 0.5) is 5.69 Å². The molecule has 1 aromatic carbocycles. The Bertz CT molecular complexity index is 403. The second-order valence-corrected chi connectivity index (χ2v) is 3.39. The Balaban J connectivity index is 2.37. The standard InChI is InChI=1S/C12H15NO4/c1-2-16-12(15)8-17-11(14)7-9-4-3-5-10(13)6-9/h3-6H,2,7-8,13H2,1H3. The SMILES string of the molecule is CCOC(=O)COC(=O)Cc1cccc(N)c1. The topological polar surface area (TPSA) is 78.6 Å². The van der Waals surface area contributed by atoms with E-state index in [1.54, 1.807) is 31.2 Å². The van der Waals surface area contributed by atoms with Gasteiger partial charge in [0.05, 0.1) is 13.0 Å². The van der Waals surface area contributed by atoms with E-state index in [4.69, 9.17) is 10.5 Å². The second-order valence-electron chi connectivity index (χ2n) is 3.39.